The fraction of sp³-hybridized carbons (Fsp3) is 0.241. The number of aromatic hydroxyl groups is 1. The lowest BCUT2D eigenvalue weighted by Crippen LogP contribution is -2.17. The summed E-state index contributed by atoms with van der Waals surface area (Å²) in [4.78, 5) is 13.3. The third kappa shape index (κ3) is 5.48. The zero-order valence-electron chi connectivity index (χ0n) is 20.2. The minimum absolute atomic E-state index is 0.213. The molecule has 1 aromatic heterocycles. The standard InChI is InChI=1S/C29H30N4O3/c1-19-14-27(33(32-19)25-7-2-4-21(15-25)17-30)29(35)31-24-6-3-5-23(16-24)28(36-18-20-8-9-20)22-10-12-26(34)13-11-22/h2-7,10-16,20,28,34H,8-9,17-18,30H2,1H3,(H,31,35). The summed E-state index contributed by atoms with van der Waals surface area (Å²) in [6, 6.07) is 24.2. The van der Waals surface area contributed by atoms with Crippen molar-refractivity contribution >= 4 is 11.6 Å². The van der Waals surface area contributed by atoms with E-state index >= 15 is 0 Å². The van der Waals surface area contributed by atoms with Crippen LogP contribution in [0, 0.1) is 12.8 Å². The van der Waals surface area contributed by atoms with Crippen LogP contribution in [0.15, 0.2) is 78.9 Å². The van der Waals surface area contributed by atoms with Crippen molar-refractivity contribution < 1.29 is 14.6 Å². The molecule has 1 saturated carbocycles. The van der Waals surface area contributed by atoms with E-state index in [1.54, 1.807) is 22.9 Å². The molecule has 36 heavy (non-hydrogen) atoms. The maximum atomic E-state index is 13.3. The number of amides is 1. The van der Waals surface area contributed by atoms with Gasteiger partial charge in [0.25, 0.3) is 5.91 Å². The quantitative estimate of drug-likeness (QED) is 0.308. The van der Waals surface area contributed by atoms with Gasteiger partial charge in [0, 0.05) is 12.2 Å². The van der Waals surface area contributed by atoms with E-state index in [-0.39, 0.29) is 17.8 Å². The molecule has 4 N–H and O–H groups in total. The first-order valence-corrected chi connectivity index (χ1v) is 12.2. The van der Waals surface area contributed by atoms with Crippen molar-refractivity contribution in [2.75, 3.05) is 11.9 Å². The van der Waals surface area contributed by atoms with Crippen LogP contribution in [0.3, 0.4) is 0 Å². The number of aromatic nitrogens is 2. The molecule has 0 radical (unpaired) electrons. The normalized spacial score (nSPS) is 13.9. The Labute approximate surface area is 210 Å². The van der Waals surface area contributed by atoms with Crippen LogP contribution in [0.25, 0.3) is 5.69 Å². The lowest BCUT2D eigenvalue weighted by molar-refractivity contribution is 0.0718. The first-order chi connectivity index (χ1) is 17.5. The van der Waals surface area contributed by atoms with Crippen LogP contribution in [0.5, 0.6) is 5.75 Å². The number of benzene rings is 3. The van der Waals surface area contributed by atoms with Crippen molar-refractivity contribution in [2.24, 2.45) is 11.7 Å². The summed E-state index contributed by atoms with van der Waals surface area (Å²) < 4.78 is 7.95. The molecular formula is C29H30N4O3. The fourth-order valence-corrected chi connectivity index (χ4v) is 4.20. The van der Waals surface area contributed by atoms with Gasteiger partial charge < -0.3 is 20.9 Å². The van der Waals surface area contributed by atoms with Gasteiger partial charge in [-0.25, -0.2) is 4.68 Å². The Bertz CT molecular complexity index is 1360. The summed E-state index contributed by atoms with van der Waals surface area (Å²) in [5.41, 5.74) is 11.3. The monoisotopic (exact) mass is 482 g/mol. The van der Waals surface area contributed by atoms with Crippen LogP contribution in [0.1, 0.15) is 51.8 Å². The van der Waals surface area contributed by atoms with E-state index in [9.17, 15) is 9.90 Å². The van der Waals surface area contributed by atoms with Crippen LogP contribution >= 0.6 is 0 Å². The number of hydrogen-bond donors (Lipinski definition) is 3. The Morgan fingerprint density at radius 3 is 2.61 bits per heavy atom. The van der Waals surface area contributed by atoms with E-state index in [0.717, 1.165) is 28.1 Å². The number of anilines is 1. The van der Waals surface area contributed by atoms with Crippen molar-refractivity contribution in [1.82, 2.24) is 9.78 Å². The molecule has 1 aliphatic carbocycles. The number of nitrogens with one attached hydrogen (secondary N) is 1. The number of phenols is 1. The van der Waals surface area contributed by atoms with Gasteiger partial charge in [0.05, 0.1) is 18.0 Å². The van der Waals surface area contributed by atoms with Crippen LogP contribution in [0.2, 0.25) is 0 Å². The maximum Gasteiger partial charge on any atom is 0.274 e. The zero-order chi connectivity index (χ0) is 25.1. The number of ether oxygens (including phenoxy) is 1. The van der Waals surface area contributed by atoms with Crippen molar-refractivity contribution in [3.8, 4) is 11.4 Å². The van der Waals surface area contributed by atoms with Crippen molar-refractivity contribution in [2.45, 2.75) is 32.4 Å². The lowest BCUT2D eigenvalue weighted by atomic mass is 10.0. The summed E-state index contributed by atoms with van der Waals surface area (Å²) in [5, 5.41) is 17.3. The summed E-state index contributed by atoms with van der Waals surface area (Å²) >= 11 is 0. The SMILES string of the molecule is Cc1cc(C(=O)Nc2cccc(C(OCC3CC3)c3ccc(O)cc3)c2)n(-c2cccc(CN)c2)n1. The number of nitrogens with zero attached hydrogens (tertiary/aromatic N) is 2. The third-order valence-corrected chi connectivity index (χ3v) is 6.29. The first-order valence-electron chi connectivity index (χ1n) is 12.2. The van der Waals surface area contributed by atoms with Gasteiger partial charge in [-0.05, 0) is 84.8 Å². The Balaban J connectivity index is 1.40. The van der Waals surface area contributed by atoms with Crippen LogP contribution in [0.4, 0.5) is 5.69 Å². The third-order valence-electron chi connectivity index (χ3n) is 6.29. The highest BCUT2D eigenvalue weighted by molar-refractivity contribution is 6.03. The first kappa shape index (κ1) is 23.8. The van der Waals surface area contributed by atoms with Crippen LogP contribution < -0.4 is 11.1 Å². The summed E-state index contributed by atoms with van der Waals surface area (Å²) in [7, 11) is 0. The highest BCUT2D eigenvalue weighted by atomic mass is 16.5. The molecule has 1 aliphatic rings. The molecule has 3 aromatic carbocycles. The Morgan fingerprint density at radius 1 is 1.08 bits per heavy atom. The fourth-order valence-electron chi connectivity index (χ4n) is 4.20. The van der Waals surface area contributed by atoms with E-state index in [4.69, 9.17) is 10.5 Å². The predicted molar refractivity (Wildman–Crippen MR) is 139 cm³/mol. The second kappa shape index (κ2) is 10.4. The molecule has 0 saturated heterocycles. The molecule has 1 heterocycles. The van der Waals surface area contributed by atoms with Gasteiger partial charge in [-0.15, -0.1) is 0 Å². The molecule has 7 nitrogen and oxygen atoms in total. The molecule has 184 valence electrons. The number of carbonyl (C=O) groups is 1. The van der Waals surface area contributed by atoms with Gasteiger partial charge in [0.2, 0.25) is 0 Å². The van der Waals surface area contributed by atoms with Crippen LogP contribution in [-0.2, 0) is 11.3 Å². The number of hydrogen-bond acceptors (Lipinski definition) is 5. The molecule has 1 fully saturated rings. The predicted octanol–water partition coefficient (Wildman–Crippen LogP) is 5.11. The number of nitrogens with two attached hydrogens (primary N) is 1. The smallest absolute Gasteiger partial charge is 0.274 e. The molecule has 0 spiro atoms. The van der Waals surface area contributed by atoms with Crippen molar-refractivity contribution in [3.63, 3.8) is 0 Å². The second-order valence-corrected chi connectivity index (χ2v) is 9.28. The molecule has 7 heteroatoms. The summed E-state index contributed by atoms with van der Waals surface area (Å²) in [6.07, 6.45) is 2.09. The molecule has 5 rings (SSSR count). The molecule has 0 bridgehead atoms. The average molecular weight is 483 g/mol. The van der Waals surface area contributed by atoms with E-state index in [1.165, 1.54) is 12.8 Å². The molecule has 1 atom stereocenters. The number of carbonyl (C=O) groups excluding carboxylic acids is 1. The van der Waals surface area contributed by atoms with E-state index in [0.29, 0.717) is 30.5 Å². The molecular weight excluding hydrogens is 452 g/mol. The molecule has 1 unspecified atom stereocenters. The largest absolute Gasteiger partial charge is 0.508 e. The highest BCUT2D eigenvalue weighted by Gasteiger charge is 2.25. The molecule has 1 amide bonds. The second-order valence-electron chi connectivity index (χ2n) is 9.28. The van der Waals surface area contributed by atoms with Gasteiger partial charge in [-0.3, -0.25) is 4.79 Å². The molecule has 0 aliphatic heterocycles. The van der Waals surface area contributed by atoms with Gasteiger partial charge in [-0.1, -0.05) is 36.4 Å². The topological polar surface area (TPSA) is 102 Å². The highest BCUT2D eigenvalue weighted by Crippen LogP contribution is 2.34. The maximum absolute atomic E-state index is 13.3. The Hall–Kier alpha value is -3.94. The average Bonchev–Trinajstić information content (AvgIpc) is 3.64. The number of aryl methyl sites for hydroxylation is 1. The zero-order valence-corrected chi connectivity index (χ0v) is 20.2. The van der Waals surface area contributed by atoms with E-state index in [2.05, 4.69) is 10.4 Å². The lowest BCUT2D eigenvalue weighted by Gasteiger charge is -2.20. The van der Waals surface area contributed by atoms with Crippen molar-refractivity contribution in [1.29, 1.82) is 0 Å². The minimum Gasteiger partial charge on any atom is -0.508 e. The minimum atomic E-state index is -0.296. The number of rotatable bonds is 9. The Kier molecular flexibility index (Phi) is 6.84. The van der Waals surface area contributed by atoms with Gasteiger partial charge >= 0.3 is 0 Å². The van der Waals surface area contributed by atoms with Crippen LogP contribution in [-0.4, -0.2) is 27.4 Å². The number of phenolic OH excluding ortho intramolecular Hbond substituents is 1. The summed E-state index contributed by atoms with van der Waals surface area (Å²) in [5.74, 6) is 0.560. The van der Waals surface area contributed by atoms with Gasteiger partial charge in [0.1, 0.15) is 17.5 Å². The molecule has 4 aromatic rings. The van der Waals surface area contributed by atoms with E-state index < -0.39 is 0 Å². The summed E-state index contributed by atoms with van der Waals surface area (Å²) in [6.45, 7) is 2.95. The van der Waals surface area contributed by atoms with Gasteiger partial charge in [0.15, 0.2) is 0 Å². The Morgan fingerprint density at radius 2 is 1.86 bits per heavy atom. The van der Waals surface area contributed by atoms with Crippen molar-refractivity contribution in [3.05, 3.63) is 107 Å². The van der Waals surface area contributed by atoms with Gasteiger partial charge in [-0.2, -0.15) is 5.10 Å². The van der Waals surface area contributed by atoms with E-state index in [1.807, 2.05) is 67.6 Å².